The summed E-state index contributed by atoms with van der Waals surface area (Å²) >= 11 is 0. The van der Waals surface area contributed by atoms with Gasteiger partial charge in [-0.25, -0.2) is 0 Å². The molecule has 2 saturated heterocycles. The number of likely N-dealkylation sites (N-methyl/N-ethyl adjacent to an activating group) is 1. The summed E-state index contributed by atoms with van der Waals surface area (Å²) in [6.45, 7) is 4.77. The van der Waals surface area contributed by atoms with Gasteiger partial charge in [-0.3, -0.25) is 9.69 Å². The van der Waals surface area contributed by atoms with Gasteiger partial charge in [0.15, 0.2) is 0 Å². The Hall–Kier alpha value is -1.39. The van der Waals surface area contributed by atoms with Crippen LogP contribution in [0.5, 0.6) is 0 Å². The number of fused-ring (bicyclic) bond motifs is 1. The highest BCUT2D eigenvalue weighted by Crippen LogP contribution is 2.37. The molecule has 0 saturated carbocycles. The first-order valence-corrected chi connectivity index (χ1v) is 10.8. The first-order chi connectivity index (χ1) is 13.2. The van der Waals surface area contributed by atoms with E-state index >= 15 is 0 Å². The van der Waals surface area contributed by atoms with Crippen LogP contribution in [0.3, 0.4) is 0 Å². The topological polar surface area (TPSA) is 32.8 Å². The lowest BCUT2D eigenvalue weighted by atomic mass is 9.88. The maximum absolute atomic E-state index is 13.8. The number of carbonyl (C=O) groups is 1. The number of amides is 1. The zero-order valence-electron chi connectivity index (χ0n) is 16.8. The Bertz CT molecular complexity index is 623. The zero-order chi connectivity index (χ0) is 18.7. The van der Waals surface area contributed by atoms with E-state index in [4.69, 9.17) is 4.74 Å². The predicted octanol–water partition coefficient (Wildman–Crippen LogP) is 3.29. The fraction of sp³-hybridized carbons (Fsp3) is 0.696. The van der Waals surface area contributed by atoms with Crippen molar-refractivity contribution in [1.82, 2.24) is 9.80 Å². The molecule has 0 unspecified atom stereocenters. The fourth-order valence-corrected chi connectivity index (χ4v) is 5.30. The van der Waals surface area contributed by atoms with Crippen molar-refractivity contribution in [3.63, 3.8) is 0 Å². The van der Waals surface area contributed by atoms with Crippen molar-refractivity contribution in [2.45, 2.75) is 56.9 Å². The van der Waals surface area contributed by atoms with Crippen molar-refractivity contribution in [2.75, 3.05) is 39.9 Å². The van der Waals surface area contributed by atoms with Gasteiger partial charge in [0.2, 0.25) is 5.91 Å². The van der Waals surface area contributed by atoms with Crippen LogP contribution in [0.25, 0.3) is 0 Å². The summed E-state index contributed by atoms with van der Waals surface area (Å²) in [7, 11) is 2.02. The quantitative estimate of drug-likeness (QED) is 0.797. The van der Waals surface area contributed by atoms with Crippen LogP contribution in [-0.2, 0) is 22.4 Å². The summed E-state index contributed by atoms with van der Waals surface area (Å²) in [6.07, 6.45) is 8.89. The summed E-state index contributed by atoms with van der Waals surface area (Å²) < 4.78 is 5.48. The molecule has 4 heteroatoms. The van der Waals surface area contributed by atoms with Crippen LogP contribution in [0.1, 0.15) is 49.7 Å². The van der Waals surface area contributed by atoms with Gasteiger partial charge in [0, 0.05) is 39.6 Å². The van der Waals surface area contributed by atoms with E-state index in [-0.39, 0.29) is 5.54 Å². The van der Waals surface area contributed by atoms with E-state index in [9.17, 15) is 4.79 Å². The Labute approximate surface area is 163 Å². The molecule has 27 heavy (non-hydrogen) atoms. The minimum Gasteiger partial charge on any atom is -0.381 e. The fourth-order valence-electron chi connectivity index (χ4n) is 5.30. The van der Waals surface area contributed by atoms with Crippen LogP contribution in [0.15, 0.2) is 24.3 Å². The van der Waals surface area contributed by atoms with Crippen LogP contribution >= 0.6 is 0 Å². The molecule has 148 valence electrons. The summed E-state index contributed by atoms with van der Waals surface area (Å²) in [5, 5.41) is 0. The van der Waals surface area contributed by atoms with Crippen molar-refractivity contribution < 1.29 is 9.53 Å². The van der Waals surface area contributed by atoms with E-state index in [1.165, 1.54) is 30.4 Å². The molecule has 1 aliphatic carbocycles. The van der Waals surface area contributed by atoms with Crippen LogP contribution in [-0.4, -0.2) is 61.1 Å². The van der Waals surface area contributed by atoms with Gasteiger partial charge in [-0.05, 0) is 62.2 Å². The molecule has 0 atom stereocenters. The average Bonchev–Trinajstić information content (AvgIpc) is 3.13. The molecule has 0 radical (unpaired) electrons. The molecule has 0 bridgehead atoms. The lowest BCUT2D eigenvalue weighted by Gasteiger charge is -2.44. The number of rotatable bonds is 5. The second-order valence-corrected chi connectivity index (χ2v) is 8.77. The predicted molar refractivity (Wildman–Crippen MR) is 108 cm³/mol. The molecule has 0 N–H and O–H groups in total. The Morgan fingerprint density at radius 2 is 1.74 bits per heavy atom. The van der Waals surface area contributed by atoms with Crippen molar-refractivity contribution in [3.05, 3.63) is 35.4 Å². The summed E-state index contributed by atoms with van der Waals surface area (Å²) in [6, 6.07) is 8.67. The standard InChI is InChI=1S/C23H34N2O2/c1-24(14-9-19-10-15-27-16-11-19)22(26)23(25-12-5-2-6-13-25)17-20-7-3-4-8-21(20)18-23/h3-4,7-8,19H,2,5-6,9-18H2,1H3. The average molecular weight is 371 g/mol. The molecular weight excluding hydrogens is 336 g/mol. The number of piperidine rings is 1. The van der Waals surface area contributed by atoms with Gasteiger partial charge in [-0.2, -0.15) is 0 Å². The molecule has 3 aliphatic rings. The molecule has 1 aromatic carbocycles. The zero-order valence-corrected chi connectivity index (χ0v) is 16.8. The highest BCUT2D eigenvalue weighted by atomic mass is 16.5. The normalized spacial score (nSPS) is 23.1. The molecule has 1 amide bonds. The lowest BCUT2D eigenvalue weighted by molar-refractivity contribution is -0.144. The monoisotopic (exact) mass is 370 g/mol. The number of likely N-dealkylation sites (tertiary alicyclic amines) is 1. The van der Waals surface area contributed by atoms with E-state index < -0.39 is 0 Å². The van der Waals surface area contributed by atoms with Crippen LogP contribution in [0.4, 0.5) is 0 Å². The second-order valence-electron chi connectivity index (χ2n) is 8.77. The van der Waals surface area contributed by atoms with Gasteiger partial charge >= 0.3 is 0 Å². The SMILES string of the molecule is CN(CCC1CCOCC1)C(=O)C1(N2CCCCC2)Cc2ccccc2C1. The minimum absolute atomic E-state index is 0.340. The van der Waals surface area contributed by atoms with Gasteiger partial charge in [0.25, 0.3) is 0 Å². The minimum atomic E-state index is -0.353. The molecular formula is C23H34N2O2. The maximum Gasteiger partial charge on any atom is 0.243 e. The highest BCUT2D eigenvalue weighted by molar-refractivity contribution is 5.88. The van der Waals surface area contributed by atoms with Gasteiger partial charge in [0.05, 0.1) is 0 Å². The maximum atomic E-state index is 13.8. The van der Waals surface area contributed by atoms with Crippen LogP contribution in [0.2, 0.25) is 0 Å². The summed E-state index contributed by atoms with van der Waals surface area (Å²) in [4.78, 5) is 18.3. The van der Waals surface area contributed by atoms with E-state index in [2.05, 4.69) is 29.2 Å². The molecule has 2 fully saturated rings. The molecule has 0 spiro atoms. The molecule has 4 nitrogen and oxygen atoms in total. The van der Waals surface area contributed by atoms with Crippen molar-refractivity contribution >= 4 is 5.91 Å². The van der Waals surface area contributed by atoms with Gasteiger partial charge in [-0.1, -0.05) is 30.7 Å². The lowest BCUT2D eigenvalue weighted by Crippen LogP contribution is -2.61. The second kappa shape index (κ2) is 8.32. The third kappa shape index (κ3) is 3.93. The van der Waals surface area contributed by atoms with E-state index in [1.54, 1.807) is 0 Å². The van der Waals surface area contributed by atoms with Crippen LogP contribution < -0.4 is 0 Å². The summed E-state index contributed by atoms with van der Waals surface area (Å²) in [5.41, 5.74) is 2.39. The Kier molecular flexibility index (Phi) is 5.84. The Morgan fingerprint density at radius 3 is 2.37 bits per heavy atom. The molecule has 1 aromatic rings. The van der Waals surface area contributed by atoms with Gasteiger partial charge < -0.3 is 9.64 Å². The Balaban J connectivity index is 1.49. The number of hydrogen-bond acceptors (Lipinski definition) is 3. The van der Waals surface area contributed by atoms with Crippen molar-refractivity contribution in [1.29, 1.82) is 0 Å². The largest absolute Gasteiger partial charge is 0.381 e. The number of benzene rings is 1. The molecule has 4 rings (SSSR count). The van der Waals surface area contributed by atoms with Crippen molar-refractivity contribution in [3.8, 4) is 0 Å². The van der Waals surface area contributed by atoms with E-state index in [0.29, 0.717) is 11.8 Å². The third-order valence-electron chi connectivity index (χ3n) is 7.00. The highest BCUT2D eigenvalue weighted by Gasteiger charge is 2.49. The van der Waals surface area contributed by atoms with Gasteiger partial charge in [-0.15, -0.1) is 0 Å². The Morgan fingerprint density at radius 1 is 1.11 bits per heavy atom. The van der Waals surface area contributed by atoms with E-state index in [0.717, 1.165) is 65.0 Å². The smallest absolute Gasteiger partial charge is 0.243 e. The number of ether oxygens (including phenoxy) is 1. The molecule has 2 heterocycles. The van der Waals surface area contributed by atoms with Crippen molar-refractivity contribution in [2.24, 2.45) is 5.92 Å². The first kappa shape index (κ1) is 18.9. The summed E-state index contributed by atoms with van der Waals surface area (Å²) in [5.74, 6) is 1.05. The van der Waals surface area contributed by atoms with E-state index in [1.807, 2.05) is 11.9 Å². The molecule has 0 aromatic heterocycles. The van der Waals surface area contributed by atoms with Gasteiger partial charge in [0.1, 0.15) is 5.54 Å². The number of nitrogens with zero attached hydrogens (tertiary/aromatic N) is 2. The number of carbonyl (C=O) groups excluding carboxylic acids is 1. The van der Waals surface area contributed by atoms with Crippen LogP contribution in [0, 0.1) is 5.92 Å². The third-order valence-corrected chi connectivity index (χ3v) is 7.00. The number of hydrogen-bond donors (Lipinski definition) is 0. The molecule has 2 aliphatic heterocycles. The first-order valence-electron chi connectivity index (χ1n) is 10.8.